The first-order chi connectivity index (χ1) is 12.8. The molecule has 0 bridgehead atoms. The Balaban J connectivity index is 1.78. The van der Waals surface area contributed by atoms with Gasteiger partial charge >= 0.3 is 6.18 Å². The summed E-state index contributed by atoms with van der Waals surface area (Å²) >= 11 is 0. The Hall–Kier alpha value is -3.03. The highest BCUT2D eigenvalue weighted by molar-refractivity contribution is 5.93. The van der Waals surface area contributed by atoms with E-state index in [9.17, 15) is 18.0 Å². The van der Waals surface area contributed by atoms with Crippen molar-refractivity contribution in [2.24, 2.45) is 0 Å². The molecule has 0 saturated carbocycles. The minimum atomic E-state index is -4.37. The van der Waals surface area contributed by atoms with Gasteiger partial charge in [-0.25, -0.2) is 4.98 Å². The molecule has 8 heteroatoms. The fraction of sp³-hybridized carbons (Fsp3) is 0.263. The monoisotopic (exact) mass is 377 g/mol. The highest BCUT2D eigenvalue weighted by Gasteiger charge is 2.30. The van der Waals surface area contributed by atoms with Gasteiger partial charge in [-0.3, -0.25) is 4.79 Å². The van der Waals surface area contributed by atoms with E-state index >= 15 is 0 Å². The quantitative estimate of drug-likeness (QED) is 0.856. The molecule has 0 atom stereocenters. The highest BCUT2D eigenvalue weighted by Crippen LogP contribution is 2.30. The number of carbonyl (C=O) groups excluding carboxylic acids is 1. The number of amides is 1. The Morgan fingerprint density at radius 3 is 2.78 bits per heavy atom. The van der Waals surface area contributed by atoms with Crippen LogP contribution >= 0.6 is 0 Å². The molecule has 1 amide bonds. The Morgan fingerprint density at radius 2 is 2.00 bits per heavy atom. The maximum Gasteiger partial charge on any atom is 0.416 e. The fourth-order valence-corrected chi connectivity index (χ4v) is 2.65. The molecule has 1 aliphatic rings. The maximum absolute atomic E-state index is 12.9. The number of pyridine rings is 1. The van der Waals surface area contributed by atoms with Crippen LogP contribution in [0.4, 0.5) is 19.0 Å². The van der Waals surface area contributed by atoms with Crippen LogP contribution in [0.3, 0.4) is 0 Å². The van der Waals surface area contributed by atoms with Crippen LogP contribution in [-0.2, 0) is 22.1 Å². The third-order valence-corrected chi connectivity index (χ3v) is 4.04. The number of carbonyl (C=O) groups is 1. The summed E-state index contributed by atoms with van der Waals surface area (Å²) in [5, 5.41) is 5.67. The van der Waals surface area contributed by atoms with Gasteiger partial charge in [0.2, 0.25) is 5.88 Å². The number of nitrogens with zero attached hydrogens (tertiary/aromatic N) is 1. The molecule has 2 aromatic rings. The van der Waals surface area contributed by atoms with E-state index in [1.54, 1.807) is 31.3 Å². The van der Waals surface area contributed by atoms with Crippen molar-refractivity contribution in [3.8, 4) is 0 Å². The molecule has 2 N–H and O–H groups in total. The molecule has 0 spiro atoms. The second-order valence-corrected chi connectivity index (χ2v) is 6.11. The molecule has 5 nitrogen and oxygen atoms in total. The maximum atomic E-state index is 12.9. The number of benzene rings is 1. The van der Waals surface area contributed by atoms with Crippen LogP contribution < -0.4 is 10.6 Å². The molecule has 0 fully saturated rings. The van der Waals surface area contributed by atoms with Crippen LogP contribution in [0.15, 0.2) is 54.1 Å². The molecule has 1 aromatic heterocycles. The van der Waals surface area contributed by atoms with Gasteiger partial charge in [0.25, 0.3) is 5.91 Å². The summed E-state index contributed by atoms with van der Waals surface area (Å²) in [6.07, 6.45) is -2.50. The van der Waals surface area contributed by atoms with Crippen molar-refractivity contribution in [1.29, 1.82) is 0 Å². The second-order valence-electron chi connectivity index (χ2n) is 6.11. The number of anilines is 1. The largest absolute Gasteiger partial charge is 0.477 e. The van der Waals surface area contributed by atoms with Crippen molar-refractivity contribution in [2.75, 3.05) is 18.5 Å². The molecule has 27 heavy (non-hydrogen) atoms. The minimum Gasteiger partial charge on any atom is -0.477 e. The summed E-state index contributed by atoms with van der Waals surface area (Å²) in [7, 11) is 0. The molecule has 0 saturated heterocycles. The van der Waals surface area contributed by atoms with Crippen LogP contribution in [0, 0.1) is 0 Å². The molecular weight excluding hydrogens is 359 g/mol. The van der Waals surface area contributed by atoms with Gasteiger partial charge in [-0.2, -0.15) is 13.2 Å². The van der Waals surface area contributed by atoms with Crippen LogP contribution in [0.5, 0.6) is 0 Å². The zero-order chi connectivity index (χ0) is 19.4. The Labute approximate surface area is 154 Å². The number of ether oxygens (including phenoxy) is 1. The molecule has 142 valence electrons. The summed E-state index contributed by atoms with van der Waals surface area (Å²) in [5.41, 5.74) is 1.05. The van der Waals surface area contributed by atoms with E-state index in [2.05, 4.69) is 15.6 Å². The lowest BCUT2D eigenvalue weighted by Gasteiger charge is -2.13. The predicted molar refractivity (Wildman–Crippen MR) is 93.8 cm³/mol. The molecule has 2 heterocycles. The molecule has 1 aromatic carbocycles. The summed E-state index contributed by atoms with van der Waals surface area (Å²) in [4.78, 5) is 16.0. The van der Waals surface area contributed by atoms with Gasteiger partial charge in [0.05, 0.1) is 17.7 Å². The third-order valence-electron chi connectivity index (χ3n) is 4.04. The summed E-state index contributed by atoms with van der Waals surface area (Å²) < 4.78 is 44.1. The van der Waals surface area contributed by atoms with Crippen LogP contribution in [0.2, 0.25) is 0 Å². The van der Waals surface area contributed by atoms with E-state index < -0.39 is 11.7 Å². The summed E-state index contributed by atoms with van der Waals surface area (Å²) in [6.45, 7) is 2.37. The normalized spacial score (nSPS) is 15.0. The number of rotatable bonds is 4. The van der Waals surface area contributed by atoms with Crippen molar-refractivity contribution in [1.82, 2.24) is 10.3 Å². The summed E-state index contributed by atoms with van der Waals surface area (Å²) in [6, 6.07) is 8.67. The van der Waals surface area contributed by atoms with Crippen molar-refractivity contribution >= 4 is 11.7 Å². The predicted octanol–water partition coefficient (Wildman–Crippen LogP) is 3.48. The SMILES string of the molecule is CC1=C(Nc2cc(Cc3cccc(C(F)(F)F)c3)ccn2)OCCNC1=O. The number of alkyl halides is 3. The van der Waals surface area contributed by atoms with Crippen LogP contribution in [0.25, 0.3) is 0 Å². The number of halogens is 3. The average Bonchev–Trinajstić information content (AvgIpc) is 2.77. The Kier molecular flexibility index (Phi) is 5.34. The van der Waals surface area contributed by atoms with Gasteiger partial charge in [-0.15, -0.1) is 0 Å². The number of nitrogens with one attached hydrogen (secondary N) is 2. The van der Waals surface area contributed by atoms with Gasteiger partial charge < -0.3 is 15.4 Å². The average molecular weight is 377 g/mol. The zero-order valence-corrected chi connectivity index (χ0v) is 14.6. The molecule has 3 rings (SSSR count). The third kappa shape index (κ3) is 4.78. The molecule has 0 unspecified atom stereocenters. The second kappa shape index (κ2) is 7.69. The van der Waals surface area contributed by atoms with Gasteiger partial charge in [0.15, 0.2) is 0 Å². The molecule has 0 aliphatic carbocycles. The molecule has 1 aliphatic heterocycles. The first kappa shape index (κ1) is 18.8. The van der Waals surface area contributed by atoms with Crippen molar-refractivity contribution < 1.29 is 22.7 Å². The summed E-state index contributed by atoms with van der Waals surface area (Å²) in [5.74, 6) is 0.535. The smallest absolute Gasteiger partial charge is 0.416 e. The lowest BCUT2D eigenvalue weighted by Crippen LogP contribution is -2.25. The van der Waals surface area contributed by atoms with Crippen molar-refractivity contribution in [3.63, 3.8) is 0 Å². The van der Waals surface area contributed by atoms with Crippen LogP contribution in [-0.4, -0.2) is 24.0 Å². The van der Waals surface area contributed by atoms with Gasteiger partial charge in [0, 0.05) is 6.20 Å². The van der Waals surface area contributed by atoms with Crippen molar-refractivity contribution in [2.45, 2.75) is 19.5 Å². The number of hydrogen-bond acceptors (Lipinski definition) is 4. The Morgan fingerprint density at radius 1 is 1.22 bits per heavy atom. The molecule has 0 radical (unpaired) electrons. The van der Waals surface area contributed by atoms with E-state index in [1.165, 1.54) is 6.07 Å². The standard InChI is InChI=1S/C19H18F3N3O2/c1-12-17(26)24-7-8-27-18(12)25-16-11-14(5-6-23-16)9-13-3-2-4-15(10-13)19(20,21)22/h2-6,10-11H,7-9H2,1H3,(H,23,25)(H,24,26). The van der Waals surface area contributed by atoms with Gasteiger partial charge in [-0.05, 0) is 42.7 Å². The first-order valence-corrected chi connectivity index (χ1v) is 8.33. The van der Waals surface area contributed by atoms with Gasteiger partial charge in [0.1, 0.15) is 12.4 Å². The van der Waals surface area contributed by atoms with E-state index in [0.717, 1.165) is 17.7 Å². The zero-order valence-electron chi connectivity index (χ0n) is 14.6. The van der Waals surface area contributed by atoms with Crippen LogP contribution in [0.1, 0.15) is 23.6 Å². The lowest BCUT2D eigenvalue weighted by atomic mass is 10.0. The van der Waals surface area contributed by atoms with Gasteiger partial charge in [-0.1, -0.05) is 18.2 Å². The topological polar surface area (TPSA) is 63.3 Å². The van der Waals surface area contributed by atoms with Crippen molar-refractivity contribution in [3.05, 3.63) is 70.7 Å². The highest BCUT2D eigenvalue weighted by atomic mass is 19.4. The van der Waals surface area contributed by atoms with E-state index in [-0.39, 0.29) is 5.91 Å². The fourth-order valence-electron chi connectivity index (χ4n) is 2.65. The number of aromatic nitrogens is 1. The van der Waals surface area contributed by atoms with E-state index in [1.807, 2.05) is 0 Å². The minimum absolute atomic E-state index is 0.227. The van der Waals surface area contributed by atoms with E-state index in [0.29, 0.717) is 42.4 Å². The molecular formula is C19H18F3N3O2. The number of hydrogen-bond donors (Lipinski definition) is 2. The first-order valence-electron chi connectivity index (χ1n) is 8.33. The lowest BCUT2D eigenvalue weighted by molar-refractivity contribution is -0.137. The Bertz CT molecular complexity index is 878. The van der Waals surface area contributed by atoms with E-state index in [4.69, 9.17) is 4.74 Å².